The second-order valence-corrected chi connectivity index (χ2v) is 10.3. The number of carbonyl (C=O) groups excluding carboxylic acids is 1. The lowest BCUT2D eigenvalue weighted by molar-refractivity contribution is -0.120. The third-order valence-corrected chi connectivity index (χ3v) is 7.92. The highest BCUT2D eigenvalue weighted by Crippen LogP contribution is 2.38. The van der Waals surface area contributed by atoms with Crippen LogP contribution < -0.4 is 38.0 Å². The second-order valence-electron chi connectivity index (χ2n) is 8.46. The molecule has 216 valence electrons. The lowest BCUT2D eigenvalue weighted by atomic mass is 10.1. The van der Waals surface area contributed by atoms with Gasteiger partial charge in [-0.1, -0.05) is 0 Å². The quantitative estimate of drug-likeness (QED) is 0.325. The Morgan fingerprint density at radius 2 is 1.27 bits per heavy atom. The van der Waals surface area contributed by atoms with Crippen molar-refractivity contribution in [3.05, 3.63) is 60.2 Å². The fourth-order valence-corrected chi connectivity index (χ4v) is 5.51. The fourth-order valence-electron chi connectivity index (χ4n) is 4.07. The molecule has 1 amide bonds. The molecule has 0 aliphatic carbocycles. The Morgan fingerprint density at radius 3 is 1.85 bits per heavy atom. The van der Waals surface area contributed by atoms with E-state index in [0.29, 0.717) is 28.6 Å². The minimum absolute atomic E-state index is 0.110. The third kappa shape index (κ3) is 6.45. The Labute approximate surface area is 234 Å². The van der Waals surface area contributed by atoms with Crippen molar-refractivity contribution in [3.63, 3.8) is 0 Å². The Morgan fingerprint density at radius 1 is 0.725 bits per heavy atom. The number of nitrogens with one attached hydrogen (secondary N) is 1. The number of amides is 1. The largest absolute Gasteiger partial charge is 0.497 e. The predicted molar refractivity (Wildman–Crippen MR) is 150 cm³/mol. The van der Waals surface area contributed by atoms with Crippen LogP contribution in [0.3, 0.4) is 0 Å². The third-order valence-electron chi connectivity index (χ3n) is 6.17. The molecule has 3 rings (SSSR count). The van der Waals surface area contributed by atoms with Crippen LogP contribution >= 0.6 is 0 Å². The number of sulfonamides is 1. The first-order chi connectivity index (χ1) is 19.1. The van der Waals surface area contributed by atoms with Gasteiger partial charge in [-0.05, 0) is 49.4 Å². The predicted octanol–water partition coefficient (Wildman–Crippen LogP) is 3.81. The first-order valence-corrected chi connectivity index (χ1v) is 13.6. The molecule has 0 spiro atoms. The molecule has 3 aromatic rings. The Bertz CT molecular complexity index is 1440. The van der Waals surface area contributed by atoms with Crippen LogP contribution in [0.15, 0.2) is 59.5 Å². The molecular weight excluding hydrogens is 540 g/mol. The van der Waals surface area contributed by atoms with Crippen LogP contribution in [0.25, 0.3) is 0 Å². The van der Waals surface area contributed by atoms with Crippen molar-refractivity contribution in [3.8, 4) is 34.5 Å². The van der Waals surface area contributed by atoms with E-state index in [1.165, 1.54) is 66.9 Å². The number of methoxy groups -OCH3 is 6. The molecule has 1 N–H and O–H groups in total. The standard InChI is InChI=1S/C28H34N2O9S/c1-18(22-14-19(34-2)8-11-24(22)36-4)29-28(31)17-30(23-15-20(35-3)9-12-25(23)37-5)40(32,33)21-10-13-26(38-6)27(16-21)39-7/h8-16,18H,17H2,1-7H3,(H,29,31). The molecule has 0 aliphatic rings. The molecule has 1 unspecified atom stereocenters. The van der Waals surface area contributed by atoms with Crippen molar-refractivity contribution in [2.24, 2.45) is 0 Å². The highest BCUT2D eigenvalue weighted by Gasteiger charge is 2.31. The van der Waals surface area contributed by atoms with Gasteiger partial charge in [-0.3, -0.25) is 9.10 Å². The molecule has 3 aromatic carbocycles. The molecule has 0 heterocycles. The van der Waals surface area contributed by atoms with E-state index in [1.54, 1.807) is 37.3 Å². The number of ether oxygens (including phenoxy) is 6. The van der Waals surface area contributed by atoms with Gasteiger partial charge in [0.1, 0.15) is 29.5 Å². The minimum Gasteiger partial charge on any atom is -0.497 e. The maximum Gasteiger partial charge on any atom is 0.265 e. The van der Waals surface area contributed by atoms with Gasteiger partial charge in [-0.15, -0.1) is 0 Å². The molecular formula is C28H34N2O9S. The van der Waals surface area contributed by atoms with Crippen LogP contribution in [0.5, 0.6) is 34.5 Å². The van der Waals surface area contributed by atoms with Crippen LogP contribution in [0.2, 0.25) is 0 Å². The zero-order valence-electron chi connectivity index (χ0n) is 23.5. The summed E-state index contributed by atoms with van der Waals surface area (Å²) in [4.78, 5) is 13.3. The summed E-state index contributed by atoms with van der Waals surface area (Å²) in [6.07, 6.45) is 0. The normalized spacial score (nSPS) is 11.7. The van der Waals surface area contributed by atoms with Gasteiger partial charge >= 0.3 is 0 Å². The highest BCUT2D eigenvalue weighted by molar-refractivity contribution is 7.92. The first-order valence-electron chi connectivity index (χ1n) is 12.1. The Kier molecular flexibility index (Phi) is 9.94. The van der Waals surface area contributed by atoms with Gasteiger partial charge in [-0.2, -0.15) is 0 Å². The van der Waals surface area contributed by atoms with E-state index < -0.39 is 28.5 Å². The maximum atomic E-state index is 14.1. The van der Waals surface area contributed by atoms with Crippen LogP contribution in [0, 0.1) is 0 Å². The highest BCUT2D eigenvalue weighted by atomic mass is 32.2. The summed E-state index contributed by atoms with van der Waals surface area (Å²) in [6.45, 7) is 1.19. The van der Waals surface area contributed by atoms with E-state index in [4.69, 9.17) is 28.4 Å². The second kappa shape index (κ2) is 13.2. The molecule has 0 fully saturated rings. The smallest absolute Gasteiger partial charge is 0.265 e. The summed E-state index contributed by atoms with van der Waals surface area (Å²) < 4.78 is 61.2. The zero-order chi connectivity index (χ0) is 29.4. The Hall–Kier alpha value is -4.32. The SMILES string of the molecule is COc1ccc(OC)c(C(C)NC(=O)CN(c2cc(OC)ccc2OC)S(=O)(=O)c2ccc(OC)c(OC)c2)c1. The van der Waals surface area contributed by atoms with Gasteiger partial charge in [0.05, 0.1) is 59.3 Å². The number of benzene rings is 3. The van der Waals surface area contributed by atoms with E-state index in [-0.39, 0.29) is 22.1 Å². The van der Waals surface area contributed by atoms with Crippen LogP contribution in [0.1, 0.15) is 18.5 Å². The van der Waals surface area contributed by atoms with Gasteiger partial charge in [0, 0.05) is 17.7 Å². The molecule has 12 heteroatoms. The van der Waals surface area contributed by atoms with Gasteiger partial charge in [0.2, 0.25) is 5.91 Å². The number of hydrogen-bond acceptors (Lipinski definition) is 9. The molecule has 1 atom stereocenters. The topological polar surface area (TPSA) is 122 Å². The van der Waals surface area contributed by atoms with Gasteiger partial charge in [0.15, 0.2) is 11.5 Å². The number of anilines is 1. The zero-order valence-corrected chi connectivity index (χ0v) is 24.3. The average Bonchev–Trinajstić information content (AvgIpc) is 2.98. The molecule has 0 aromatic heterocycles. The van der Waals surface area contributed by atoms with E-state index in [0.717, 1.165) is 4.31 Å². The summed E-state index contributed by atoms with van der Waals surface area (Å²) in [6, 6.07) is 13.5. The molecule has 0 saturated heterocycles. The summed E-state index contributed by atoms with van der Waals surface area (Å²) in [5, 5.41) is 2.86. The summed E-state index contributed by atoms with van der Waals surface area (Å²) >= 11 is 0. The van der Waals surface area contributed by atoms with E-state index in [1.807, 2.05) is 0 Å². The van der Waals surface area contributed by atoms with Crippen molar-refractivity contribution >= 4 is 21.6 Å². The van der Waals surface area contributed by atoms with Crippen molar-refractivity contribution in [1.82, 2.24) is 5.32 Å². The van der Waals surface area contributed by atoms with Crippen LogP contribution in [0.4, 0.5) is 5.69 Å². The summed E-state index contributed by atoms with van der Waals surface area (Å²) in [5.41, 5.74) is 0.766. The van der Waals surface area contributed by atoms with Crippen LogP contribution in [-0.2, 0) is 14.8 Å². The Balaban J connectivity index is 2.06. The first kappa shape index (κ1) is 30.2. The molecule has 0 radical (unpaired) electrons. The molecule has 0 saturated carbocycles. The van der Waals surface area contributed by atoms with Gasteiger partial charge < -0.3 is 33.7 Å². The molecule has 0 aliphatic heterocycles. The number of carbonyl (C=O) groups is 1. The van der Waals surface area contributed by atoms with Gasteiger partial charge in [-0.25, -0.2) is 8.42 Å². The minimum atomic E-state index is -4.33. The average molecular weight is 575 g/mol. The van der Waals surface area contributed by atoms with E-state index in [2.05, 4.69) is 5.32 Å². The van der Waals surface area contributed by atoms with Crippen molar-refractivity contribution in [2.45, 2.75) is 17.9 Å². The van der Waals surface area contributed by atoms with Crippen molar-refractivity contribution in [2.75, 3.05) is 53.5 Å². The van der Waals surface area contributed by atoms with Crippen molar-refractivity contribution in [1.29, 1.82) is 0 Å². The van der Waals surface area contributed by atoms with Crippen LogP contribution in [-0.4, -0.2) is 63.5 Å². The maximum absolute atomic E-state index is 14.1. The molecule has 40 heavy (non-hydrogen) atoms. The van der Waals surface area contributed by atoms with E-state index >= 15 is 0 Å². The fraction of sp³-hybridized carbons (Fsp3) is 0.321. The molecule has 11 nitrogen and oxygen atoms in total. The lowest BCUT2D eigenvalue weighted by Crippen LogP contribution is -2.41. The van der Waals surface area contributed by atoms with Crippen molar-refractivity contribution < 1.29 is 41.6 Å². The number of rotatable bonds is 13. The molecule has 0 bridgehead atoms. The summed E-state index contributed by atoms with van der Waals surface area (Å²) in [5.74, 6) is 1.70. The van der Waals surface area contributed by atoms with Gasteiger partial charge in [0.25, 0.3) is 10.0 Å². The number of hydrogen-bond donors (Lipinski definition) is 1. The monoisotopic (exact) mass is 574 g/mol. The number of nitrogens with zero attached hydrogens (tertiary/aromatic N) is 1. The van der Waals surface area contributed by atoms with E-state index in [9.17, 15) is 13.2 Å². The summed E-state index contributed by atoms with van der Waals surface area (Å²) in [7, 11) is 4.43. The lowest BCUT2D eigenvalue weighted by Gasteiger charge is -2.27.